The molecule has 2 unspecified atom stereocenters. The van der Waals surface area contributed by atoms with Crippen LogP contribution in [0.25, 0.3) is 17.1 Å². The highest BCUT2D eigenvalue weighted by Gasteiger charge is 2.23. The lowest BCUT2D eigenvalue weighted by atomic mass is 10.1. The molecule has 3 aromatic heterocycles. The van der Waals surface area contributed by atoms with E-state index in [1.165, 1.54) is 34.7 Å². The van der Waals surface area contributed by atoms with E-state index in [0.29, 0.717) is 5.56 Å². The summed E-state index contributed by atoms with van der Waals surface area (Å²) in [6.45, 7) is 5.97. The van der Waals surface area contributed by atoms with Crippen LogP contribution in [0.1, 0.15) is 31.2 Å². The number of hydrogen-bond acceptors (Lipinski definition) is 7. The number of halogens is 2. The highest BCUT2D eigenvalue weighted by Crippen LogP contribution is 2.32. The summed E-state index contributed by atoms with van der Waals surface area (Å²) >= 11 is 1.35. The quantitative estimate of drug-likeness (QED) is 0.396. The minimum absolute atomic E-state index is 0.0208. The zero-order chi connectivity index (χ0) is 22.7. The molecule has 7 nitrogen and oxygen atoms in total. The number of benzene rings is 1. The van der Waals surface area contributed by atoms with Gasteiger partial charge in [-0.05, 0) is 48.7 Å². The fraction of sp³-hybridized carbons (Fsp3) is 0.227. The molecule has 32 heavy (non-hydrogen) atoms. The summed E-state index contributed by atoms with van der Waals surface area (Å²) in [7, 11) is 0. The second kappa shape index (κ2) is 9.39. The average molecular weight is 454 g/mol. The number of hydrogen-bond donors (Lipinski definition) is 1. The molecule has 0 amide bonds. The summed E-state index contributed by atoms with van der Waals surface area (Å²) in [5, 5.41) is 8.35. The fourth-order valence-corrected chi connectivity index (χ4v) is 3.79. The zero-order valence-corrected chi connectivity index (χ0v) is 18.5. The van der Waals surface area contributed by atoms with Gasteiger partial charge in [0.05, 0.1) is 0 Å². The van der Waals surface area contributed by atoms with Crippen LogP contribution >= 0.6 is 11.9 Å². The number of aryl methyl sites for hydroxylation is 1. The minimum atomic E-state index is -0.725. The van der Waals surface area contributed by atoms with Gasteiger partial charge in [-0.15, -0.1) is 10.2 Å². The molecule has 10 heteroatoms. The molecule has 3 heterocycles. The van der Waals surface area contributed by atoms with Crippen molar-refractivity contribution in [3.8, 4) is 17.1 Å². The Morgan fingerprint density at radius 3 is 2.34 bits per heavy atom. The van der Waals surface area contributed by atoms with E-state index < -0.39 is 11.6 Å². The first-order valence-corrected chi connectivity index (χ1v) is 10.8. The number of nitrogens with one attached hydrogen (secondary N) is 1. The van der Waals surface area contributed by atoms with E-state index in [1.54, 1.807) is 36.9 Å². The maximum absolute atomic E-state index is 14.7. The van der Waals surface area contributed by atoms with E-state index in [9.17, 15) is 8.78 Å². The van der Waals surface area contributed by atoms with E-state index in [0.717, 1.165) is 11.4 Å². The van der Waals surface area contributed by atoms with E-state index in [2.05, 4.69) is 29.9 Å². The van der Waals surface area contributed by atoms with E-state index in [-0.39, 0.29) is 28.6 Å². The third-order valence-corrected chi connectivity index (χ3v) is 6.07. The van der Waals surface area contributed by atoms with Crippen molar-refractivity contribution in [2.75, 3.05) is 4.72 Å². The Balaban J connectivity index is 1.66. The van der Waals surface area contributed by atoms with E-state index >= 15 is 0 Å². The minimum Gasteiger partial charge on any atom is -0.298 e. The van der Waals surface area contributed by atoms with Gasteiger partial charge in [0.1, 0.15) is 23.1 Å². The van der Waals surface area contributed by atoms with Crippen LogP contribution in [-0.2, 0) is 0 Å². The Hall–Kier alpha value is -3.40. The molecule has 0 fully saturated rings. The Kier molecular flexibility index (Phi) is 6.40. The molecular weight excluding hydrogens is 432 g/mol. The van der Waals surface area contributed by atoms with Crippen LogP contribution in [0.4, 0.5) is 14.7 Å². The lowest BCUT2D eigenvalue weighted by Gasteiger charge is -2.19. The SMILES string of the molecule is Cc1cnc(C(C)C(C)SNc2nnc(-c3cccnc3)n2-c2c(F)cccc2F)nc1. The average Bonchev–Trinajstić information content (AvgIpc) is 3.21. The molecule has 0 bridgehead atoms. The molecule has 0 aliphatic carbocycles. The summed E-state index contributed by atoms with van der Waals surface area (Å²) in [5.41, 5.74) is 1.31. The van der Waals surface area contributed by atoms with Crippen molar-refractivity contribution in [3.05, 3.63) is 78.1 Å². The molecule has 0 saturated heterocycles. The van der Waals surface area contributed by atoms with Crippen LogP contribution in [0.15, 0.2) is 55.1 Å². The van der Waals surface area contributed by atoms with E-state index in [4.69, 9.17) is 0 Å². The van der Waals surface area contributed by atoms with Crippen LogP contribution in [0.2, 0.25) is 0 Å². The zero-order valence-electron chi connectivity index (χ0n) is 17.7. The van der Waals surface area contributed by atoms with Gasteiger partial charge in [0, 0.05) is 41.5 Å². The van der Waals surface area contributed by atoms with Gasteiger partial charge < -0.3 is 0 Å². The normalized spacial score (nSPS) is 13.0. The Bertz CT molecular complexity index is 1180. The predicted molar refractivity (Wildman–Crippen MR) is 120 cm³/mol. The molecule has 164 valence electrons. The molecular formula is C22H21F2N7S. The van der Waals surface area contributed by atoms with Crippen molar-refractivity contribution in [3.63, 3.8) is 0 Å². The van der Waals surface area contributed by atoms with Crippen LogP contribution < -0.4 is 4.72 Å². The number of para-hydroxylation sites is 1. The molecule has 1 aromatic carbocycles. The largest absolute Gasteiger partial charge is 0.298 e. The molecule has 0 saturated carbocycles. The summed E-state index contributed by atoms with van der Waals surface area (Å²) in [6, 6.07) is 7.18. The van der Waals surface area contributed by atoms with Gasteiger partial charge in [0.25, 0.3) is 0 Å². The van der Waals surface area contributed by atoms with Crippen molar-refractivity contribution in [2.24, 2.45) is 0 Å². The molecule has 0 aliphatic rings. The maximum atomic E-state index is 14.7. The van der Waals surface area contributed by atoms with Crippen LogP contribution in [0, 0.1) is 18.6 Å². The molecule has 0 aliphatic heterocycles. The number of rotatable bonds is 7. The monoisotopic (exact) mass is 453 g/mol. The Labute approximate surface area is 188 Å². The van der Waals surface area contributed by atoms with E-state index in [1.807, 2.05) is 20.8 Å². The van der Waals surface area contributed by atoms with Crippen LogP contribution in [-0.4, -0.2) is 35.0 Å². The predicted octanol–water partition coefficient (Wildman–Crippen LogP) is 4.96. The highest BCUT2D eigenvalue weighted by atomic mass is 32.2. The molecule has 0 radical (unpaired) electrons. The van der Waals surface area contributed by atoms with Gasteiger partial charge >= 0.3 is 0 Å². The molecule has 1 N–H and O–H groups in total. The smallest absolute Gasteiger partial charge is 0.239 e. The van der Waals surface area contributed by atoms with Gasteiger partial charge in [-0.1, -0.05) is 19.9 Å². The first-order valence-electron chi connectivity index (χ1n) is 9.96. The standard InChI is InChI=1S/C22H21F2N7S/c1-13-10-26-20(27-11-13)14(2)15(3)32-30-22-29-28-21(16-6-5-9-25-12-16)31(22)19-17(23)7-4-8-18(19)24/h4-12,14-15H,1-3H3,(H,29,30). The Morgan fingerprint density at radius 2 is 1.69 bits per heavy atom. The third-order valence-electron chi connectivity index (χ3n) is 4.99. The third kappa shape index (κ3) is 4.45. The molecule has 4 aromatic rings. The topological polar surface area (TPSA) is 81.4 Å². The first-order chi connectivity index (χ1) is 15.5. The molecule has 0 spiro atoms. The van der Waals surface area contributed by atoms with Gasteiger partial charge in [-0.2, -0.15) is 0 Å². The first kappa shape index (κ1) is 21.8. The molecule has 4 rings (SSSR count). The van der Waals surface area contributed by atoms with Crippen molar-refractivity contribution in [2.45, 2.75) is 31.9 Å². The fourth-order valence-electron chi connectivity index (χ4n) is 3.04. The second-order valence-electron chi connectivity index (χ2n) is 7.33. The number of anilines is 1. The highest BCUT2D eigenvalue weighted by molar-refractivity contribution is 8.01. The van der Waals surface area contributed by atoms with Crippen LogP contribution in [0.5, 0.6) is 0 Å². The summed E-state index contributed by atoms with van der Waals surface area (Å²) < 4.78 is 33.8. The maximum Gasteiger partial charge on any atom is 0.239 e. The number of pyridine rings is 1. The second-order valence-corrected chi connectivity index (χ2v) is 8.51. The lowest BCUT2D eigenvalue weighted by Crippen LogP contribution is -2.15. The number of aromatic nitrogens is 6. The van der Waals surface area contributed by atoms with Crippen molar-refractivity contribution in [1.29, 1.82) is 0 Å². The van der Waals surface area contributed by atoms with Gasteiger partial charge in [-0.25, -0.2) is 18.7 Å². The van der Waals surface area contributed by atoms with Gasteiger partial charge in [-0.3, -0.25) is 14.3 Å². The molecule has 2 atom stereocenters. The van der Waals surface area contributed by atoms with Crippen molar-refractivity contribution in [1.82, 2.24) is 29.7 Å². The van der Waals surface area contributed by atoms with Crippen molar-refractivity contribution < 1.29 is 8.78 Å². The summed E-state index contributed by atoms with van der Waals surface area (Å²) in [6.07, 6.45) is 6.73. The summed E-state index contributed by atoms with van der Waals surface area (Å²) in [5.74, 6) is -0.244. The number of nitrogens with zero attached hydrogens (tertiary/aromatic N) is 6. The van der Waals surface area contributed by atoms with Crippen molar-refractivity contribution >= 4 is 17.9 Å². The Morgan fingerprint density at radius 1 is 0.969 bits per heavy atom. The summed E-state index contributed by atoms with van der Waals surface area (Å²) in [4.78, 5) is 12.9. The lowest BCUT2D eigenvalue weighted by molar-refractivity contribution is 0.570. The van der Waals surface area contributed by atoms with Gasteiger partial charge in [0.2, 0.25) is 5.95 Å². The van der Waals surface area contributed by atoms with Gasteiger partial charge in [0.15, 0.2) is 5.82 Å². The van der Waals surface area contributed by atoms with Crippen LogP contribution in [0.3, 0.4) is 0 Å².